The Morgan fingerprint density at radius 3 is 2.67 bits per heavy atom. The summed E-state index contributed by atoms with van der Waals surface area (Å²) in [5, 5.41) is 9.64. The van der Waals surface area contributed by atoms with Crippen LogP contribution in [0.2, 0.25) is 0 Å². The summed E-state index contributed by atoms with van der Waals surface area (Å²) >= 11 is 0. The molecule has 0 aliphatic heterocycles. The van der Waals surface area contributed by atoms with Gasteiger partial charge in [0.2, 0.25) is 0 Å². The van der Waals surface area contributed by atoms with Gasteiger partial charge in [0.15, 0.2) is 11.5 Å². The highest BCUT2D eigenvalue weighted by Gasteiger charge is 2.13. The summed E-state index contributed by atoms with van der Waals surface area (Å²) in [4.78, 5) is 20.2. The van der Waals surface area contributed by atoms with Gasteiger partial charge in [-0.3, -0.25) is 14.4 Å². The van der Waals surface area contributed by atoms with Gasteiger partial charge >= 0.3 is 6.03 Å². The van der Waals surface area contributed by atoms with Crippen LogP contribution in [0.5, 0.6) is 0 Å². The van der Waals surface area contributed by atoms with E-state index in [-0.39, 0.29) is 6.03 Å². The number of aromatic nitrogens is 5. The first-order valence-corrected chi connectivity index (χ1v) is 8.12. The van der Waals surface area contributed by atoms with Crippen molar-refractivity contribution in [3.63, 3.8) is 0 Å². The zero-order valence-corrected chi connectivity index (χ0v) is 14.4. The number of fused-ring (bicyclic) bond motifs is 1. The van der Waals surface area contributed by atoms with Gasteiger partial charge in [-0.05, 0) is 13.8 Å². The monoisotopic (exact) mass is 329 g/mol. The molecule has 24 heavy (non-hydrogen) atoms. The minimum atomic E-state index is -0.300. The number of carbonyl (C=O) groups excluding carboxylic acids is 1. The largest absolute Gasteiger partial charge is 0.338 e. The predicted octanol–water partition coefficient (Wildman–Crippen LogP) is 2.78. The lowest BCUT2D eigenvalue weighted by atomic mass is 10.3. The Kier molecular flexibility index (Phi) is 5.89. The minimum absolute atomic E-state index is 0.300. The lowest BCUT2D eigenvalue weighted by molar-refractivity contribution is 0.252. The van der Waals surface area contributed by atoms with Crippen LogP contribution in [-0.2, 0) is 6.54 Å². The normalized spacial score (nSPS) is 10.2. The molecule has 0 fully saturated rings. The van der Waals surface area contributed by atoms with Crippen molar-refractivity contribution in [3.05, 3.63) is 31.0 Å². The average molecular weight is 329 g/mol. The number of rotatable bonds is 4. The molecule has 2 amide bonds. The Balaban J connectivity index is 0.00000100. The molecule has 0 aliphatic carbocycles. The van der Waals surface area contributed by atoms with Crippen molar-refractivity contribution in [3.8, 4) is 11.3 Å². The van der Waals surface area contributed by atoms with Crippen molar-refractivity contribution < 1.29 is 4.79 Å². The molecular formula is C16H23N7O. The third-order valence-electron chi connectivity index (χ3n) is 3.25. The predicted molar refractivity (Wildman–Crippen MR) is 93.9 cm³/mol. The number of aryl methyl sites for hydroxylation is 1. The first-order valence-electron chi connectivity index (χ1n) is 8.12. The van der Waals surface area contributed by atoms with Gasteiger partial charge in [0.1, 0.15) is 0 Å². The topological polar surface area (TPSA) is 89.1 Å². The molecule has 3 rings (SSSR count). The molecule has 0 bridgehead atoms. The van der Waals surface area contributed by atoms with Gasteiger partial charge in [-0.25, -0.2) is 14.8 Å². The molecule has 3 heterocycles. The summed E-state index contributed by atoms with van der Waals surface area (Å²) < 4.78 is 3.73. The standard InChI is InChI=1S/C14H17N7O.C2H6/c1-3-15-14(22)19-12-13-17-8-11(21(13)6-5-16-12)10-7-18-20(4-2)9-10;1-2/h5-9H,3-4H2,1-2H3,(H2,15,16,19,22);1-2H3. The van der Waals surface area contributed by atoms with E-state index in [4.69, 9.17) is 0 Å². The number of nitrogens with zero attached hydrogens (tertiary/aromatic N) is 5. The van der Waals surface area contributed by atoms with E-state index in [0.29, 0.717) is 18.0 Å². The second kappa shape index (κ2) is 8.09. The highest BCUT2D eigenvalue weighted by Crippen LogP contribution is 2.22. The van der Waals surface area contributed by atoms with Crippen LogP contribution in [0.4, 0.5) is 10.6 Å². The van der Waals surface area contributed by atoms with E-state index >= 15 is 0 Å². The van der Waals surface area contributed by atoms with E-state index in [1.165, 1.54) is 0 Å². The number of imidazole rings is 1. The number of hydrogen-bond donors (Lipinski definition) is 2. The molecule has 3 aromatic rings. The Labute approximate surface area is 140 Å². The summed E-state index contributed by atoms with van der Waals surface area (Å²) in [6, 6.07) is -0.300. The maximum absolute atomic E-state index is 11.7. The second-order valence-electron chi connectivity index (χ2n) is 4.68. The third-order valence-corrected chi connectivity index (χ3v) is 3.25. The van der Waals surface area contributed by atoms with Gasteiger partial charge in [0.25, 0.3) is 0 Å². The molecule has 8 heteroatoms. The van der Waals surface area contributed by atoms with E-state index in [1.54, 1.807) is 18.6 Å². The fourth-order valence-corrected chi connectivity index (χ4v) is 2.20. The van der Waals surface area contributed by atoms with Crippen LogP contribution in [-0.4, -0.2) is 36.7 Å². The van der Waals surface area contributed by atoms with Gasteiger partial charge < -0.3 is 5.32 Å². The first kappa shape index (κ1) is 17.5. The van der Waals surface area contributed by atoms with Crippen molar-refractivity contribution in [2.45, 2.75) is 34.2 Å². The van der Waals surface area contributed by atoms with Crippen LogP contribution < -0.4 is 10.6 Å². The second-order valence-corrected chi connectivity index (χ2v) is 4.68. The van der Waals surface area contributed by atoms with Crippen LogP contribution in [0.15, 0.2) is 31.0 Å². The van der Waals surface area contributed by atoms with Crippen LogP contribution in [0.3, 0.4) is 0 Å². The molecular weight excluding hydrogens is 306 g/mol. The van der Waals surface area contributed by atoms with Crippen molar-refractivity contribution in [2.24, 2.45) is 0 Å². The highest BCUT2D eigenvalue weighted by molar-refractivity contribution is 5.91. The van der Waals surface area contributed by atoms with Crippen LogP contribution in [0, 0.1) is 0 Å². The molecule has 0 radical (unpaired) electrons. The van der Waals surface area contributed by atoms with E-state index < -0.39 is 0 Å². The summed E-state index contributed by atoms with van der Waals surface area (Å²) in [6.45, 7) is 9.24. The van der Waals surface area contributed by atoms with Gasteiger partial charge in [-0.15, -0.1) is 0 Å². The quantitative estimate of drug-likeness (QED) is 0.770. The van der Waals surface area contributed by atoms with Crippen molar-refractivity contribution in [2.75, 3.05) is 11.9 Å². The molecule has 0 unspecified atom stereocenters. The Bertz CT molecular complexity index is 806. The molecule has 0 aromatic carbocycles. The highest BCUT2D eigenvalue weighted by atomic mass is 16.2. The summed E-state index contributed by atoms with van der Waals surface area (Å²) in [5.74, 6) is 0.419. The Hall–Kier alpha value is -2.90. The maximum atomic E-state index is 11.7. The Morgan fingerprint density at radius 1 is 1.21 bits per heavy atom. The fraction of sp³-hybridized carbons (Fsp3) is 0.375. The summed E-state index contributed by atoms with van der Waals surface area (Å²) in [7, 11) is 0. The summed E-state index contributed by atoms with van der Waals surface area (Å²) in [6.07, 6.45) is 8.94. The molecule has 128 valence electrons. The maximum Gasteiger partial charge on any atom is 0.320 e. The van der Waals surface area contributed by atoms with Crippen molar-refractivity contribution >= 4 is 17.5 Å². The molecule has 8 nitrogen and oxygen atoms in total. The van der Waals surface area contributed by atoms with Crippen LogP contribution in [0.25, 0.3) is 16.9 Å². The smallest absolute Gasteiger partial charge is 0.320 e. The van der Waals surface area contributed by atoms with E-state index in [0.717, 1.165) is 17.8 Å². The van der Waals surface area contributed by atoms with Gasteiger partial charge in [-0.1, -0.05) is 13.8 Å². The molecule has 0 atom stereocenters. The lowest BCUT2D eigenvalue weighted by Crippen LogP contribution is -2.28. The number of carbonyl (C=O) groups is 1. The van der Waals surface area contributed by atoms with E-state index in [2.05, 4.69) is 25.7 Å². The fourth-order valence-electron chi connectivity index (χ4n) is 2.20. The first-order chi connectivity index (χ1) is 11.7. The van der Waals surface area contributed by atoms with Crippen molar-refractivity contribution in [1.82, 2.24) is 29.5 Å². The molecule has 0 spiro atoms. The Morgan fingerprint density at radius 2 is 2.00 bits per heavy atom. The number of urea groups is 1. The van der Waals surface area contributed by atoms with Crippen molar-refractivity contribution in [1.29, 1.82) is 0 Å². The van der Waals surface area contributed by atoms with E-state index in [9.17, 15) is 4.79 Å². The molecule has 2 N–H and O–H groups in total. The zero-order chi connectivity index (χ0) is 17.5. The zero-order valence-electron chi connectivity index (χ0n) is 14.4. The summed E-state index contributed by atoms with van der Waals surface area (Å²) in [5.41, 5.74) is 2.45. The number of amides is 2. The van der Waals surface area contributed by atoms with Gasteiger partial charge in [0.05, 0.1) is 18.1 Å². The third kappa shape index (κ3) is 3.53. The lowest BCUT2D eigenvalue weighted by Gasteiger charge is -2.06. The molecule has 0 aliphatic rings. The average Bonchev–Trinajstić information content (AvgIpc) is 3.23. The van der Waals surface area contributed by atoms with Crippen LogP contribution in [0.1, 0.15) is 27.7 Å². The molecule has 0 saturated carbocycles. The molecule has 0 saturated heterocycles. The number of nitrogens with one attached hydrogen (secondary N) is 2. The van der Waals surface area contributed by atoms with Crippen LogP contribution >= 0.6 is 0 Å². The molecule has 3 aromatic heterocycles. The van der Waals surface area contributed by atoms with Gasteiger partial charge in [0, 0.05) is 37.2 Å². The number of anilines is 1. The van der Waals surface area contributed by atoms with Gasteiger partial charge in [-0.2, -0.15) is 5.10 Å². The SMILES string of the molecule is CC.CCNC(=O)Nc1nccn2c(-c3cnn(CC)c3)cnc12. The minimum Gasteiger partial charge on any atom is -0.338 e. The number of hydrogen-bond acceptors (Lipinski definition) is 4. The van der Waals surface area contributed by atoms with E-state index in [1.807, 2.05) is 49.2 Å².